The molecule has 0 radical (unpaired) electrons. The second-order valence-electron chi connectivity index (χ2n) is 3.17. The van der Waals surface area contributed by atoms with Gasteiger partial charge in [0.05, 0.1) is 4.90 Å². The summed E-state index contributed by atoms with van der Waals surface area (Å²) in [5.41, 5.74) is 0.811. The molecule has 0 aliphatic rings. The fourth-order valence-corrected chi connectivity index (χ4v) is 1.71. The van der Waals surface area contributed by atoms with Crippen molar-refractivity contribution in [3.63, 3.8) is 0 Å². The summed E-state index contributed by atoms with van der Waals surface area (Å²) in [6.45, 7) is 1.78. The lowest BCUT2D eigenvalue weighted by atomic mass is 10.2. The highest BCUT2D eigenvalue weighted by Crippen LogP contribution is 2.09. The standard InChI is InChI=1S/C9H13N3O3S/c1-7(13)11-6-8-2-4-9(5-3-8)16(14,15)12-10/h2-5,12H,6,10H2,1H3,(H,11,13). The van der Waals surface area contributed by atoms with Crippen molar-refractivity contribution in [2.24, 2.45) is 5.84 Å². The molecular weight excluding hydrogens is 230 g/mol. The summed E-state index contributed by atoms with van der Waals surface area (Å²) in [5, 5.41) is 2.61. The molecule has 1 amide bonds. The molecular formula is C9H13N3O3S. The van der Waals surface area contributed by atoms with Crippen LogP contribution in [0.1, 0.15) is 12.5 Å². The first-order valence-electron chi connectivity index (χ1n) is 4.51. The Morgan fingerprint density at radius 3 is 2.31 bits per heavy atom. The third-order valence-corrected chi connectivity index (χ3v) is 3.13. The van der Waals surface area contributed by atoms with Crippen molar-refractivity contribution in [2.75, 3.05) is 0 Å². The van der Waals surface area contributed by atoms with E-state index in [1.54, 1.807) is 17.0 Å². The molecule has 1 rings (SSSR count). The van der Waals surface area contributed by atoms with Crippen molar-refractivity contribution in [2.45, 2.75) is 18.4 Å². The fourth-order valence-electron chi connectivity index (χ4n) is 1.08. The zero-order valence-electron chi connectivity index (χ0n) is 8.73. The molecule has 0 fully saturated rings. The van der Waals surface area contributed by atoms with Crippen molar-refractivity contribution >= 4 is 15.9 Å². The molecule has 0 saturated heterocycles. The highest BCUT2D eigenvalue weighted by molar-refractivity contribution is 7.89. The van der Waals surface area contributed by atoms with Crippen LogP contribution in [-0.4, -0.2) is 14.3 Å². The lowest BCUT2D eigenvalue weighted by molar-refractivity contribution is -0.119. The predicted octanol–water partition coefficient (Wildman–Crippen LogP) is -0.525. The molecule has 0 unspecified atom stereocenters. The molecule has 0 heterocycles. The van der Waals surface area contributed by atoms with Gasteiger partial charge in [-0.25, -0.2) is 8.42 Å². The molecule has 0 atom stereocenters. The average molecular weight is 243 g/mol. The normalized spacial score (nSPS) is 11.1. The maximum absolute atomic E-state index is 11.3. The molecule has 1 aromatic rings. The minimum atomic E-state index is -3.61. The van der Waals surface area contributed by atoms with Gasteiger partial charge in [-0.3, -0.25) is 10.6 Å². The first-order chi connectivity index (χ1) is 7.45. The van der Waals surface area contributed by atoms with Crippen LogP contribution < -0.4 is 16.0 Å². The van der Waals surface area contributed by atoms with Gasteiger partial charge in [0, 0.05) is 13.5 Å². The van der Waals surface area contributed by atoms with Gasteiger partial charge in [0.25, 0.3) is 10.0 Å². The van der Waals surface area contributed by atoms with Gasteiger partial charge >= 0.3 is 0 Å². The average Bonchev–Trinajstić information content (AvgIpc) is 2.27. The monoisotopic (exact) mass is 243 g/mol. The zero-order valence-corrected chi connectivity index (χ0v) is 9.54. The number of sulfonamides is 1. The minimum Gasteiger partial charge on any atom is -0.352 e. The number of carbonyl (C=O) groups excluding carboxylic acids is 1. The lowest BCUT2D eigenvalue weighted by Gasteiger charge is -2.05. The maximum Gasteiger partial charge on any atom is 0.253 e. The molecule has 0 aliphatic heterocycles. The summed E-state index contributed by atoms with van der Waals surface area (Å²) in [4.78, 5) is 12.5. The molecule has 7 heteroatoms. The van der Waals surface area contributed by atoms with Crippen LogP contribution in [0.5, 0.6) is 0 Å². The smallest absolute Gasteiger partial charge is 0.253 e. The van der Waals surface area contributed by atoms with Crippen molar-refractivity contribution in [3.05, 3.63) is 29.8 Å². The van der Waals surface area contributed by atoms with E-state index < -0.39 is 10.0 Å². The molecule has 1 aromatic carbocycles. The van der Waals surface area contributed by atoms with Crippen molar-refractivity contribution in [3.8, 4) is 0 Å². The van der Waals surface area contributed by atoms with Gasteiger partial charge in [0.2, 0.25) is 5.91 Å². The van der Waals surface area contributed by atoms with Crippen LogP contribution in [0, 0.1) is 0 Å². The number of nitrogens with one attached hydrogen (secondary N) is 2. The van der Waals surface area contributed by atoms with Gasteiger partial charge in [0.15, 0.2) is 0 Å². The number of nitrogens with two attached hydrogens (primary N) is 1. The van der Waals surface area contributed by atoms with Crippen molar-refractivity contribution in [1.82, 2.24) is 10.1 Å². The molecule has 0 saturated carbocycles. The number of hydrogen-bond donors (Lipinski definition) is 3. The number of hydrazine groups is 1. The predicted molar refractivity (Wildman–Crippen MR) is 58.5 cm³/mol. The second kappa shape index (κ2) is 5.06. The summed E-state index contributed by atoms with van der Waals surface area (Å²) in [5.74, 6) is 4.74. The van der Waals surface area contributed by atoms with Gasteiger partial charge in [-0.15, -0.1) is 0 Å². The Labute approximate surface area is 93.9 Å². The summed E-state index contributed by atoms with van der Waals surface area (Å²) in [7, 11) is -3.61. The Kier molecular flexibility index (Phi) is 3.99. The third-order valence-electron chi connectivity index (χ3n) is 1.93. The van der Waals surface area contributed by atoms with E-state index in [2.05, 4.69) is 5.32 Å². The van der Waals surface area contributed by atoms with Crippen LogP contribution in [-0.2, 0) is 21.4 Å². The van der Waals surface area contributed by atoms with Crippen LogP contribution in [0.2, 0.25) is 0 Å². The summed E-state index contributed by atoms with van der Waals surface area (Å²) < 4.78 is 22.5. The van der Waals surface area contributed by atoms with E-state index in [-0.39, 0.29) is 10.8 Å². The van der Waals surface area contributed by atoms with Gasteiger partial charge in [-0.2, -0.15) is 4.83 Å². The molecule has 6 nitrogen and oxygen atoms in total. The quantitative estimate of drug-likeness (QED) is 0.489. The second-order valence-corrected chi connectivity index (χ2v) is 4.89. The Morgan fingerprint density at radius 1 is 1.31 bits per heavy atom. The Bertz CT molecular complexity index is 467. The highest BCUT2D eigenvalue weighted by atomic mass is 32.2. The van der Waals surface area contributed by atoms with Gasteiger partial charge in [-0.05, 0) is 17.7 Å². The Morgan fingerprint density at radius 2 is 1.88 bits per heavy atom. The van der Waals surface area contributed by atoms with Gasteiger partial charge < -0.3 is 5.32 Å². The van der Waals surface area contributed by atoms with Crippen LogP contribution in [0.15, 0.2) is 29.2 Å². The number of rotatable bonds is 4. The highest BCUT2D eigenvalue weighted by Gasteiger charge is 2.10. The van der Waals surface area contributed by atoms with E-state index in [0.717, 1.165) is 5.56 Å². The molecule has 0 spiro atoms. The fraction of sp³-hybridized carbons (Fsp3) is 0.222. The number of benzene rings is 1. The van der Waals surface area contributed by atoms with Crippen LogP contribution in [0.4, 0.5) is 0 Å². The number of hydrogen-bond acceptors (Lipinski definition) is 4. The van der Waals surface area contributed by atoms with E-state index in [1.807, 2.05) is 0 Å². The first-order valence-corrected chi connectivity index (χ1v) is 6.00. The van der Waals surface area contributed by atoms with Crippen LogP contribution in [0.25, 0.3) is 0 Å². The van der Waals surface area contributed by atoms with E-state index in [9.17, 15) is 13.2 Å². The SMILES string of the molecule is CC(=O)NCc1ccc(S(=O)(=O)NN)cc1. The van der Waals surface area contributed by atoms with Crippen LogP contribution in [0.3, 0.4) is 0 Å². The Hall–Kier alpha value is -1.44. The minimum absolute atomic E-state index is 0.0848. The van der Waals surface area contributed by atoms with E-state index in [1.165, 1.54) is 19.1 Å². The van der Waals surface area contributed by atoms with E-state index in [4.69, 9.17) is 5.84 Å². The Balaban J connectivity index is 2.80. The molecule has 0 bridgehead atoms. The molecule has 0 aliphatic carbocycles. The largest absolute Gasteiger partial charge is 0.352 e. The maximum atomic E-state index is 11.3. The van der Waals surface area contributed by atoms with Crippen molar-refractivity contribution in [1.29, 1.82) is 0 Å². The van der Waals surface area contributed by atoms with E-state index >= 15 is 0 Å². The summed E-state index contributed by atoms with van der Waals surface area (Å²) in [6, 6.07) is 6.07. The number of carbonyl (C=O) groups is 1. The van der Waals surface area contributed by atoms with Gasteiger partial charge in [0.1, 0.15) is 0 Å². The topological polar surface area (TPSA) is 101 Å². The lowest BCUT2D eigenvalue weighted by Crippen LogP contribution is -2.30. The van der Waals surface area contributed by atoms with Crippen molar-refractivity contribution < 1.29 is 13.2 Å². The molecule has 16 heavy (non-hydrogen) atoms. The van der Waals surface area contributed by atoms with E-state index in [0.29, 0.717) is 6.54 Å². The third kappa shape index (κ3) is 3.30. The summed E-state index contributed by atoms with van der Waals surface area (Å²) in [6.07, 6.45) is 0. The summed E-state index contributed by atoms with van der Waals surface area (Å²) >= 11 is 0. The van der Waals surface area contributed by atoms with Crippen LogP contribution >= 0.6 is 0 Å². The molecule has 0 aromatic heterocycles. The zero-order chi connectivity index (χ0) is 12.2. The molecule has 88 valence electrons. The number of amides is 1. The molecule has 4 N–H and O–H groups in total. The van der Waals surface area contributed by atoms with Gasteiger partial charge in [-0.1, -0.05) is 12.1 Å². The first kappa shape index (κ1) is 12.6.